The first-order chi connectivity index (χ1) is 10.1. The molecule has 0 saturated carbocycles. The van der Waals surface area contributed by atoms with Crippen molar-refractivity contribution in [2.75, 3.05) is 13.4 Å². The molecule has 0 aromatic heterocycles. The van der Waals surface area contributed by atoms with Crippen LogP contribution in [-0.4, -0.2) is 25.1 Å². The Bertz CT molecular complexity index is 402. The van der Waals surface area contributed by atoms with Gasteiger partial charge in [-0.15, -0.1) is 0 Å². The van der Waals surface area contributed by atoms with Gasteiger partial charge in [0.25, 0.3) is 0 Å². The smallest absolute Gasteiger partial charge is 0.148 e. The summed E-state index contributed by atoms with van der Waals surface area (Å²) in [5.74, 6) is 0.653. The molecule has 0 bridgehead atoms. The molecule has 1 aliphatic heterocycles. The van der Waals surface area contributed by atoms with Gasteiger partial charge < -0.3 is 14.2 Å². The van der Waals surface area contributed by atoms with Crippen molar-refractivity contribution in [3.8, 4) is 0 Å². The van der Waals surface area contributed by atoms with Crippen molar-refractivity contribution in [2.45, 2.75) is 58.3 Å². The molecule has 21 heavy (non-hydrogen) atoms. The maximum Gasteiger partial charge on any atom is 0.148 e. The van der Waals surface area contributed by atoms with E-state index in [0.717, 1.165) is 25.9 Å². The molecule has 118 valence electrons. The highest BCUT2D eigenvalue weighted by Crippen LogP contribution is 2.29. The van der Waals surface area contributed by atoms with Crippen molar-refractivity contribution < 1.29 is 14.2 Å². The first kappa shape index (κ1) is 16.5. The average Bonchev–Trinajstić information content (AvgIpc) is 2.81. The topological polar surface area (TPSA) is 27.7 Å². The van der Waals surface area contributed by atoms with Gasteiger partial charge in [-0.1, -0.05) is 37.3 Å². The molecule has 1 aromatic carbocycles. The summed E-state index contributed by atoms with van der Waals surface area (Å²) in [5.41, 5.74) is 1.10. The van der Waals surface area contributed by atoms with E-state index in [2.05, 4.69) is 32.9 Å². The van der Waals surface area contributed by atoms with Crippen LogP contribution in [0.3, 0.4) is 0 Å². The molecule has 1 aliphatic rings. The third-order valence-electron chi connectivity index (χ3n) is 4.26. The van der Waals surface area contributed by atoms with Gasteiger partial charge in [0.1, 0.15) is 6.79 Å². The molecular formula is C18H28O3. The second-order valence-electron chi connectivity index (χ2n) is 6.53. The lowest BCUT2D eigenvalue weighted by molar-refractivity contribution is 0.0121. The van der Waals surface area contributed by atoms with Gasteiger partial charge in [0.15, 0.2) is 0 Å². The van der Waals surface area contributed by atoms with E-state index >= 15 is 0 Å². The summed E-state index contributed by atoms with van der Waals surface area (Å²) >= 11 is 0. The lowest BCUT2D eigenvalue weighted by atomic mass is 9.93. The molecule has 1 aromatic rings. The second-order valence-corrected chi connectivity index (χ2v) is 6.53. The Morgan fingerprint density at radius 1 is 1.24 bits per heavy atom. The highest BCUT2D eigenvalue weighted by atomic mass is 16.7. The molecule has 0 N–H and O–H groups in total. The van der Waals surface area contributed by atoms with Crippen molar-refractivity contribution >= 4 is 0 Å². The van der Waals surface area contributed by atoms with Crippen LogP contribution in [0.4, 0.5) is 0 Å². The van der Waals surface area contributed by atoms with Crippen LogP contribution < -0.4 is 0 Å². The zero-order valence-corrected chi connectivity index (χ0v) is 13.5. The van der Waals surface area contributed by atoms with E-state index in [1.54, 1.807) is 0 Å². The Morgan fingerprint density at radius 3 is 2.67 bits per heavy atom. The fourth-order valence-electron chi connectivity index (χ4n) is 2.62. The lowest BCUT2D eigenvalue weighted by Crippen LogP contribution is -2.33. The third-order valence-corrected chi connectivity index (χ3v) is 4.26. The van der Waals surface area contributed by atoms with Crippen LogP contribution in [0.1, 0.15) is 45.6 Å². The molecule has 2 rings (SSSR count). The van der Waals surface area contributed by atoms with E-state index in [1.165, 1.54) is 5.56 Å². The average molecular weight is 292 g/mol. The Labute approximate surface area is 128 Å². The minimum atomic E-state index is -0.135. The summed E-state index contributed by atoms with van der Waals surface area (Å²) in [4.78, 5) is 0. The minimum absolute atomic E-state index is 0.135. The summed E-state index contributed by atoms with van der Waals surface area (Å²) in [5, 5.41) is 0. The van der Waals surface area contributed by atoms with E-state index in [-0.39, 0.29) is 11.7 Å². The summed E-state index contributed by atoms with van der Waals surface area (Å²) in [6.07, 6.45) is 3.55. The Hall–Kier alpha value is -0.900. The quantitative estimate of drug-likeness (QED) is 0.673. The van der Waals surface area contributed by atoms with Crippen molar-refractivity contribution in [2.24, 2.45) is 5.92 Å². The van der Waals surface area contributed by atoms with Crippen molar-refractivity contribution in [3.63, 3.8) is 0 Å². The molecule has 1 heterocycles. The van der Waals surface area contributed by atoms with Crippen molar-refractivity contribution in [3.05, 3.63) is 35.9 Å². The molecule has 3 nitrogen and oxygen atoms in total. The molecule has 1 fully saturated rings. The molecule has 1 saturated heterocycles. The van der Waals surface area contributed by atoms with Crippen LogP contribution >= 0.6 is 0 Å². The van der Waals surface area contributed by atoms with Gasteiger partial charge in [0, 0.05) is 6.61 Å². The fraction of sp³-hybridized carbons (Fsp3) is 0.667. The summed E-state index contributed by atoms with van der Waals surface area (Å²) in [6, 6.07) is 10.3. The lowest BCUT2D eigenvalue weighted by Gasteiger charge is -2.24. The predicted molar refractivity (Wildman–Crippen MR) is 84.0 cm³/mol. The molecule has 0 aliphatic carbocycles. The summed E-state index contributed by atoms with van der Waals surface area (Å²) < 4.78 is 17.0. The maximum atomic E-state index is 5.75. The van der Waals surface area contributed by atoms with Crippen LogP contribution in [0.5, 0.6) is 0 Å². The van der Waals surface area contributed by atoms with Crippen molar-refractivity contribution in [1.29, 1.82) is 0 Å². The zero-order chi connectivity index (χ0) is 15.1. The van der Waals surface area contributed by atoms with Crippen LogP contribution in [0.15, 0.2) is 30.3 Å². The van der Waals surface area contributed by atoms with Gasteiger partial charge >= 0.3 is 0 Å². The van der Waals surface area contributed by atoms with Crippen LogP contribution in [0.25, 0.3) is 0 Å². The first-order valence-corrected chi connectivity index (χ1v) is 7.95. The second kappa shape index (κ2) is 7.92. The van der Waals surface area contributed by atoms with Crippen molar-refractivity contribution in [1.82, 2.24) is 0 Å². The van der Waals surface area contributed by atoms with Gasteiger partial charge in [0.2, 0.25) is 0 Å². The van der Waals surface area contributed by atoms with E-state index in [4.69, 9.17) is 14.2 Å². The van der Waals surface area contributed by atoms with E-state index < -0.39 is 0 Å². The van der Waals surface area contributed by atoms with E-state index in [0.29, 0.717) is 19.3 Å². The zero-order valence-electron chi connectivity index (χ0n) is 13.5. The monoisotopic (exact) mass is 292 g/mol. The Morgan fingerprint density at radius 2 is 2.00 bits per heavy atom. The normalized spacial score (nSPS) is 22.3. The Kier molecular flexibility index (Phi) is 6.22. The first-order valence-electron chi connectivity index (χ1n) is 7.95. The van der Waals surface area contributed by atoms with Crippen LogP contribution in [-0.2, 0) is 20.8 Å². The maximum absolute atomic E-state index is 5.75. The van der Waals surface area contributed by atoms with Gasteiger partial charge in [-0.3, -0.25) is 0 Å². The van der Waals surface area contributed by atoms with Crippen LogP contribution in [0.2, 0.25) is 0 Å². The highest BCUT2D eigenvalue weighted by molar-refractivity contribution is 5.13. The standard InChI is InChI=1S/C18H28O3/c1-15(9-10-17-18(2,3)21-14-20-17)11-12-19-13-16-7-5-4-6-8-16/h4-8,15,17H,9-14H2,1-3H3/t15-,17?/m0/s1. The van der Waals surface area contributed by atoms with E-state index in [9.17, 15) is 0 Å². The van der Waals surface area contributed by atoms with Gasteiger partial charge in [-0.2, -0.15) is 0 Å². The SMILES string of the molecule is C[C@H](CCOCc1ccccc1)CCC1OCOC1(C)C. The third kappa shape index (κ3) is 5.42. The van der Waals surface area contributed by atoms with Gasteiger partial charge in [0.05, 0.1) is 18.3 Å². The Balaban J connectivity index is 1.56. The minimum Gasteiger partial charge on any atom is -0.377 e. The largest absolute Gasteiger partial charge is 0.377 e. The molecular weight excluding hydrogens is 264 g/mol. The highest BCUT2D eigenvalue weighted by Gasteiger charge is 2.36. The predicted octanol–water partition coefficient (Wildman–Crippen LogP) is 4.16. The number of hydrogen-bond donors (Lipinski definition) is 0. The molecule has 0 radical (unpaired) electrons. The van der Waals surface area contributed by atoms with E-state index in [1.807, 2.05) is 18.2 Å². The molecule has 2 atom stereocenters. The number of benzene rings is 1. The van der Waals surface area contributed by atoms with Gasteiger partial charge in [-0.25, -0.2) is 0 Å². The fourth-order valence-corrected chi connectivity index (χ4v) is 2.62. The van der Waals surface area contributed by atoms with Gasteiger partial charge in [-0.05, 0) is 44.6 Å². The molecule has 1 unspecified atom stereocenters. The molecule has 3 heteroatoms. The number of ether oxygens (including phenoxy) is 3. The number of rotatable bonds is 8. The number of hydrogen-bond acceptors (Lipinski definition) is 3. The summed E-state index contributed by atoms with van der Waals surface area (Å²) in [7, 11) is 0. The molecule has 0 amide bonds. The molecule has 0 spiro atoms. The summed E-state index contributed by atoms with van der Waals surface area (Å²) in [6.45, 7) is 8.47. The van der Waals surface area contributed by atoms with Crippen LogP contribution in [0, 0.1) is 5.92 Å².